The Labute approximate surface area is 90.9 Å². The molecule has 1 aliphatic heterocycles. The van der Waals surface area contributed by atoms with Crippen molar-refractivity contribution in [3.63, 3.8) is 0 Å². The number of rotatable bonds is 3. The molecule has 0 saturated heterocycles. The number of carboxylic acid groups (broad SMARTS) is 1. The first kappa shape index (κ1) is 10.5. The summed E-state index contributed by atoms with van der Waals surface area (Å²) in [6.07, 6.45) is 0.00861. The van der Waals surface area contributed by atoms with Crippen LogP contribution in [0, 0.1) is 0 Å². The van der Waals surface area contributed by atoms with Gasteiger partial charge in [0.25, 0.3) is 5.91 Å². The molecule has 0 aromatic heterocycles. The van der Waals surface area contributed by atoms with E-state index in [9.17, 15) is 9.59 Å². The summed E-state index contributed by atoms with van der Waals surface area (Å²) in [5, 5.41) is 9.96. The average Bonchev–Trinajstić information content (AvgIpc) is 2.55. The highest BCUT2D eigenvalue weighted by atomic mass is 16.4. The van der Waals surface area contributed by atoms with Crippen LogP contribution in [0.3, 0.4) is 0 Å². The molecular formula is C11H10N2O3. The van der Waals surface area contributed by atoms with E-state index in [2.05, 4.69) is 4.99 Å². The third kappa shape index (κ3) is 1.72. The number of amides is 1. The molecule has 1 unspecified atom stereocenters. The van der Waals surface area contributed by atoms with Crippen LogP contribution in [0.25, 0.3) is 5.57 Å². The SMILES string of the molecule is NC(CC1=c2ccccc2=NC1=O)C(=O)O. The first-order valence-electron chi connectivity index (χ1n) is 4.79. The van der Waals surface area contributed by atoms with Crippen molar-refractivity contribution in [3.8, 4) is 0 Å². The number of hydrogen-bond acceptors (Lipinski definition) is 3. The van der Waals surface area contributed by atoms with Gasteiger partial charge < -0.3 is 10.8 Å². The normalized spacial score (nSPS) is 15.6. The number of benzene rings is 1. The number of fused-ring (bicyclic) bond motifs is 1. The van der Waals surface area contributed by atoms with Crippen LogP contribution in [0.2, 0.25) is 0 Å². The van der Waals surface area contributed by atoms with Gasteiger partial charge in [-0.25, -0.2) is 4.99 Å². The van der Waals surface area contributed by atoms with E-state index in [-0.39, 0.29) is 6.42 Å². The van der Waals surface area contributed by atoms with Crippen LogP contribution in [0.5, 0.6) is 0 Å². The summed E-state index contributed by atoms with van der Waals surface area (Å²) in [6.45, 7) is 0. The summed E-state index contributed by atoms with van der Waals surface area (Å²) in [4.78, 5) is 26.0. The maximum Gasteiger partial charge on any atom is 0.320 e. The van der Waals surface area contributed by atoms with Crippen LogP contribution < -0.4 is 16.3 Å². The van der Waals surface area contributed by atoms with Crippen LogP contribution in [-0.4, -0.2) is 23.0 Å². The predicted molar refractivity (Wildman–Crippen MR) is 55.9 cm³/mol. The lowest BCUT2D eigenvalue weighted by molar-refractivity contribution is -0.138. The molecule has 1 aromatic rings. The molecule has 0 aliphatic carbocycles. The summed E-state index contributed by atoms with van der Waals surface area (Å²) in [7, 11) is 0. The molecule has 3 N–H and O–H groups in total. The van der Waals surface area contributed by atoms with Gasteiger partial charge in [0.2, 0.25) is 0 Å². The molecule has 0 radical (unpaired) electrons. The van der Waals surface area contributed by atoms with E-state index in [1.165, 1.54) is 0 Å². The van der Waals surface area contributed by atoms with Gasteiger partial charge in [-0.3, -0.25) is 9.59 Å². The van der Waals surface area contributed by atoms with Gasteiger partial charge in [-0.2, -0.15) is 0 Å². The van der Waals surface area contributed by atoms with Gasteiger partial charge in [0.15, 0.2) is 0 Å². The van der Waals surface area contributed by atoms with Crippen LogP contribution in [0.1, 0.15) is 6.42 Å². The zero-order valence-corrected chi connectivity index (χ0v) is 8.38. The van der Waals surface area contributed by atoms with Crippen molar-refractivity contribution >= 4 is 17.4 Å². The Bertz CT molecular complexity index is 577. The minimum Gasteiger partial charge on any atom is -0.480 e. The van der Waals surface area contributed by atoms with Crippen LogP contribution >= 0.6 is 0 Å². The first-order chi connectivity index (χ1) is 7.59. The van der Waals surface area contributed by atoms with Gasteiger partial charge in [-0.15, -0.1) is 0 Å². The van der Waals surface area contributed by atoms with E-state index < -0.39 is 17.9 Å². The predicted octanol–water partition coefficient (Wildman–Crippen LogP) is -1.20. The quantitative estimate of drug-likeness (QED) is 0.666. The Kier molecular flexibility index (Phi) is 2.54. The molecule has 82 valence electrons. The minimum absolute atomic E-state index is 0.00861. The summed E-state index contributed by atoms with van der Waals surface area (Å²) in [5.74, 6) is -1.51. The molecule has 0 spiro atoms. The maximum atomic E-state index is 11.5. The summed E-state index contributed by atoms with van der Waals surface area (Å²) in [5.41, 5.74) is 5.78. The Balaban J connectivity index is 2.47. The average molecular weight is 218 g/mol. The van der Waals surface area contributed by atoms with Crippen molar-refractivity contribution in [2.75, 3.05) is 0 Å². The van der Waals surface area contributed by atoms with Crippen LogP contribution in [-0.2, 0) is 9.59 Å². The molecule has 1 atom stereocenters. The molecule has 1 aromatic carbocycles. The number of para-hydroxylation sites is 1. The van der Waals surface area contributed by atoms with Gasteiger partial charge in [0.05, 0.1) is 5.36 Å². The summed E-state index contributed by atoms with van der Waals surface area (Å²) >= 11 is 0. The Morgan fingerprint density at radius 3 is 2.81 bits per heavy atom. The number of carbonyl (C=O) groups is 2. The van der Waals surface area contributed by atoms with E-state index >= 15 is 0 Å². The van der Waals surface area contributed by atoms with Crippen LogP contribution in [0.4, 0.5) is 0 Å². The van der Waals surface area contributed by atoms with E-state index in [0.717, 1.165) is 0 Å². The fourth-order valence-electron chi connectivity index (χ4n) is 1.62. The van der Waals surface area contributed by atoms with Crippen molar-refractivity contribution < 1.29 is 14.7 Å². The molecule has 0 saturated carbocycles. The summed E-state index contributed by atoms with van der Waals surface area (Å²) in [6, 6.07) is 5.94. The molecule has 5 heteroatoms. The second-order valence-corrected chi connectivity index (χ2v) is 3.56. The van der Waals surface area contributed by atoms with Crippen molar-refractivity contribution in [1.29, 1.82) is 0 Å². The highest BCUT2D eigenvalue weighted by Crippen LogP contribution is 2.08. The highest BCUT2D eigenvalue weighted by Gasteiger charge is 2.21. The zero-order chi connectivity index (χ0) is 11.7. The summed E-state index contributed by atoms with van der Waals surface area (Å²) < 4.78 is 0. The highest BCUT2D eigenvalue weighted by molar-refractivity contribution is 6.15. The fourth-order valence-corrected chi connectivity index (χ4v) is 1.62. The molecule has 1 aliphatic rings. The fraction of sp³-hybridized carbons (Fsp3) is 0.182. The lowest BCUT2D eigenvalue weighted by Crippen LogP contribution is -2.32. The maximum absolute atomic E-state index is 11.5. The Morgan fingerprint density at radius 2 is 2.12 bits per heavy atom. The van der Waals surface area contributed by atoms with Gasteiger partial charge in [-0.1, -0.05) is 18.2 Å². The largest absolute Gasteiger partial charge is 0.480 e. The van der Waals surface area contributed by atoms with Crippen molar-refractivity contribution in [2.24, 2.45) is 10.7 Å². The van der Waals surface area contributed by atoms with Gasteiger partial charge in [0.1, 0.15) is 6.04 Å². The number of carboxylic acids is 1. The number of aliphatic carboxylic acids is 1. The molecule has 5 nitrogen and oxygen atoms in total. The van der Waals surface area contributed by atoms with Gasteiger partial charge >= 0.3 is 5.97 Å². The third-order valence-corrected chi connectivity index (χ3v) is 2.45. The van der Waals surface area contributed by atoms with E-state index in [0.29, 0.717) is 16.1 Å². The van der Waals surface area contributed by atoms with Crippen LogP contribution in [0.15, 0.2) is 29.3 Å². The molecule has 0 fully saturated rings. The lowest BCUT2D eigenvalue weighted by Gasteiger charge is -2.04. The number of nitrogens with zero attached hydrogens (tertiary/aromatic N) is 1. The third-order valence-electron chi connectivity index (χ3n) is 2.45. The second-order valence-electron chi connectivity index (χ2n) is 3.56. The van der Waals surface area contributed by atoms with Crippen molar-refractivity contribution in [2.45, 2.75) is 12.5 Å². The standard InChI is InChI=1S/C11H10N2O3/c12-8(11(15)16)5-7-6-3-1-2-4-9(6)13-10(7)14/h1-4,8H,5,12H2,(H,15,16). The number of nitrogens with two attached hydrogens (primary N) is 1. The molecule has 16 heavy (non-hydrogen) atoms. The molecular weight excluding hydrogens is 208 g/mol. The van der Waals surface area contributed by atoms with Crippen molar-refractivity contribution in [3.05, 3.63) is 34.8 Å². The second kappa shape index (κ2) is 3.86. The van der Waals surface area contributed by atoms with Crippen molar-refractivity contribution in [1.82, 2.24) is 0 Å². The lowest BCUT2D eigenvalue weighted by atomic mass is 10.0. The topological polar surface area (TPSA) is 92.8 Å². The molecule has 2 rings (SSSR count). The molecule has 0 bridgehead atoms. The number of hydrogen-bond donors (Lipinski definition) is 2. The van der Waals surface area contributed by atoms with E-state index in [1.54, 1.807) is 24.3 Å². The smallest absolute Gasteiger partial charge is 0.320 e. The monoisotopic (exact) mass is 218 g/mol. The van der Waals surface area contributed by atoms with Gasteiger partial charge in [0, 0.05) is 17.2 Å². The minimum atomic E-state index is -1.12. The Hall–Kier alpha value is -2.01. The van der Waals surface area contributed by atoms with Gasteiger partial charge in [-0.05, 0) is 6.07 Å². The zero-order valence-electron chi connectivity index (χ0n) is 8.38. The van der Waals surface area contributed by atoms with E-state index in [1.807, 2.05) is 0 Å². The molecule has 1 amide bonds. The van der Waals surface area contributed by atoms with E-state index in [4.69, 9.17) is 10.8 Å². The number of carbonyl (C=O) groups excluding carboxylic acids is 1. The molecule has 1 heterocycles. The Morgan fingerprint density at radius 1 is 1.44 bits per heavy atom. The first-order valence-corrected chi connectivity index (χ1v) is 4.79.